The Labute approximate surface area is 173 Å². The van der Waals surface area contributed by atoms with Crippen LogP contribution in [0.5, 0.6) is 0 Å². The summed E-state index contributed by atoms with van der Waals surface area (Å²) in [6.45, 7) is 0. The molecule has 0 atom stereocenters. The van der Waals surface area contributed by atoms with Crippen molar-refractivity contribution >= 4 is 57.0 Å². The number of anilines is 1. The third-order valence-corrected chi connectivity index (χ3v) is 5.74. The summed E-state index contributed by atoms with van der Waals surface area (Å²) in [4.78, 5) is 21.8. The van der Waals surface area contributed by atoms with E-state index < -0.39 is 0 Å². The fourth-order valence-corrected chi connectivity index (χ4v) is 4.27. The number of furan rings is 1. The molecule has 0 aliphatic carbocycles. The number of aromatic nitrogens is 4. The Kier molecular flexibility index (Phi) is 4.66. The first kappa shape index (κ1) is 17.8. The number of thioether (sulfide) groups is 1. The third-order valence-electron chi connectivity index (χ3n) is 4.21. The van der Waals surface area contributed by atoms with Gasteiger partial charge in [-0.05, 0) is 30.3 Å². The number of para-hydroxylation sites is 1. The lowest BCUT2D eigenvalue weighted by molar-refractivity contribution is -0.113. The van der Waals surface area contributed by atoms with Crippen LogP contribution in [0.2, 0.25) is 0 Å². The average molecular weight is 419 g/mol. The van der Waals surface area contributed by atoms with Gasteiger partial charge >= 0.3 is 0 Å². The molecule has 0 saturated heterocycles. The standard InChI is InChI=1S/C20H13N5O2S2/c26-17(21-14-7-3-8-15-18(14)25-29-24-15)11-28-20-12-5-1-2-6-13(12)22-19(23-20)16-9-4-10-27-16/h1-10H,11H2,(H,21,26). The van der Waals surface area contributed by atoms with Gasteiger partial charge < -0.3 is 9.73 Å². The predicted molar refractivity (Wildman–Crippen MR) is 114 cm³/mol. The number of carbonyl (C=O) groups is 1. The van der Waals surface area contributed by atoms with Gasteiger partial charge in [0.15, 0.2) is 11.6 Å². The minimum Gasteiger partial charge on any atom is -0.461 e. The molecule has 0 aliphatic heterocycles. The van der Waals surface area contributed by atoms with Crippen LogP contribution < -0.4 is 5.32 Å². The van der Waals surface area contributed by atoms with Crippen molar-refractivity contribution in [3.05, 3.63) is 60.9 Å². The summed E-state index contributed by atoms with van der Waals surface area (Å²) in [5.74, 6) is 1.14. The predicted octanol–water partition coefficient (Wildman–Crippen LogP) is 4.63. The zero-order valence-corrected chi connectivity index (χ0v) is 16.5. The van der Waals surface area contributed by atoms with Crippen molar-refractivity contribution in [1.29, 1.82) is 0 Å². The van der Waals surface area contributed by atoms with Crippen LogP contribution in [0.25, 0.3) is 33.5 Å². The summed E-state index contributed by atoms with van der Waals surface area (Å²) >= 11 is 2.48. The molecule has 3 heterocycles. The van der Waals surface area contributed by atoms with Crippen LogP contribution in [0, 0.1) is 0 Å². The van der Waals surface area contributed by atoms with Crippen LogP contribution in [0.15, 0.2) is 70.3 Å². The molecule has 5 aromatic rings. The number of amides is 1. The molecule has 0 fully saturated rings. The van der Waals surface area contributed by atoms with E-state index in [0.717, 1.165) is 33.2 Å². The van der Waals surface area contributed by atoms with E-state index >= 15 is 0 Å². The fraction of sp³-hybridized carbons (Fsp3) is 0.0500. The van der Waals surface area contributed by atoms with E-state index in [1.54, 1.807) is 12.3 Å². The molecule has 5 rings (SSSR count). The van der Waals surface area contributed by atoms with Crippen molar-refractivity contribution in [3.63, 3.8) is 0 Å². The van der Waals surface area contributed by atoms with E-state index in [0.29, 0.717) is 22.8 Å². The normalized spacial score (nSPS) is 11.2. The Bertz CT molecular complexity index is 1320. The highest BCUT2D eigenvalue weighted by Crippen LogP contribution is 2.29. The van der Waals surface area contributed by atoms with Crippen LogP contribution in [0.1, 0.15) is 0 Å². The Morgan fingerprint density at radius 1 is 1.00 bits per heavy atom. The maximum absolute atomic E-state index is 12.6. The number of benzene rings is 2. The molecule has 3 aromatic heterocycles. The molecule has 2 aromatic carbocycles. The molecule has 0 aliphatic rings. The van der Waals surface area contributed by atoms with Gasteiger partial charge in [-0.2, -0.15) is 8.75 Å². The molecule has 29 heavy (non-hydrogen) atoms. The van der Waals surface area contributed by atoms with Gasteiger partial charge in [-0.3, -0.25) is 4.79 Å². The molecule has 0 unspecified atom stereocenters. The summed E-state index contributed by atoms with van der Waals surface area (Å²) in [5.41, 5.74) is 2.93. The van der Waals surface area contributed by atoms with Gasteiger partial charge in [-0.1, -0.05) is 36.0 Å². The first-order valence-corrected chi connectivity index (χ1v) is 10.4. The maximum Gasteiger partial charge on any atom is 0.234 e. The number of fused-ring (bicyclic) bond motifs is 2. The zero-order chi connectivity index (χ0) is 19.6. The molecule has 1 N–H and O–H groups in total. The quantitative estimate of drug-likeness (QED) is 0.328. The second-order valence-electron chi connectivity index (χ2n) is 6.12. The zero-order valence-electron chi connectivity index (χ0n) is 14.9. The molecule has 9 heteroatoms. The number of hydrogen-bond donors (Lipinski definition) is 1. The Morgan fingerprint density at radius 2 is 1.90 bits per heavy atom. The lowest BCUT2D eigenvalue weighted by Gasteiger charge is -2.08. The van der Waals surface area contributed by atoms with Crippen molar-refractivity contribution in [2.75, 3.05) is 11.1 Å². The third kappa shape index (κ3) is 3.57. The summed E-state index contributed by atoms with van der Waals surface area (Å²) < 4.78 is 13.9. The SMILES string of the molecule is O=C(CSc1nc(-c2ccco2)nc2ccccc12)Nc1cccc2nsnc12. The number of carbonyl (C=O) groups excluding carboxylic acids is 1. The molecule has 7 nitrogen and oxygen atoms in total. The van der Waals surface area contributed by atoms with Crippen molar-refractivity contribution < 1.29 is 9.21 Å². The first-order valence-electron chi connectivity index (χ1n) is 8.72. The van der Waals surface area contributed by atoms with Crippen molar-refractivity contribution in [3.8, 4) is 11.6 Å². The second kappa shape index (κ2) is 7.61. The molecule has 0 radical (unpaired) electrons. The van der Waals surface area contributed by atoms with Gasteiger partial charge in [-0.25, -0.2) is 9.97 Å². The van der Waals surface area contributed by atoms with Crippen LogP contribution in [0.3, 0.4) is 0 Å². The van der Waals surface area contributed by atoms with E-state index in [1.165, 1.54) is 11.8 Å². The molecular weight excluding hydrogens is 406 g/mol. The van der Waals surface area contributed by atoms with E-state index in [9.17, 15) is 4.79 Å². The Hall–Kier alpha value is -3.30. The topological polar surface area (TPSA) is 93.8 Å². The monoisotopic (exact) mass is 419 g/mol. The summed E-state index contributed by atoms with van der Waals surface area (Å²) in [7, 11) is 0. The van der Waals surface area contributed by atoms with Crippen LogP contribution in [-0.2, 0) is 4.79 Å². The molecular formula is C20H13N5O2S2. The van der Waals surface area contributed by atoms with Crippen LogP contribution in [-0.4, -0.2) is 30.4 Å². The largest absolute Gasteiger partial charge is 0.461 e. The molecule has 0 bridgehead atoms. The first-order chi connectivity index (χ1) is 14.3. The lowest BCUT2D eigenvalue weighted by atomic mass is 10.2. The van der Waals surface area contributed by atoms with E-state index in [1.807, 2.05) is 48.5 Å². The Morgan fingerprint density at radius 3 is 2.79 bits per heavy atom. The number of nitrogens with one attached hydrogen (secondary N) is 1. The number of nitrogens with zero attached hydrogens (tertiary/aromatic N) is 4. The highest BCUT2D eigenvalue weighted by molar-refractivity contribution is 8.00. The van der Waals surface area contributed by atoms with Crippen molar-refractivity contribution in [2.45, 2.75) is 5.03 Å². The minimum atomic E-state index is -0.141. The van der Waals surface area contributed by atoms with Crippen LogP contribution >= 0.6 is 23.5 Å². The van der Waals surface area contributed by atoms with Gasteiger partial charge in [-0.15, -0.1) is 0 Å². The lowest BCUT2D eigenvalue weighted by Crippen LogP contribution is -2.14. The minimum absolute atomic E-state index is 0.141. The van der Waals surface area contributed by atoms with E-state index in [2.05, 4.69) is 24.0 Å². The highest BCUT2D eigenvalue weighted by atomic mass is 32.2. The molecule has 0 saturated carbocycles. The highest BCUT2D eigenvalue weighted by Gasteiger charge is 2.14. The number of rotatable bonds is 5. The van der Waals surface area contributed by atoms with Gasteiger partial charge in [0.05, 0.1) is 34.9 Å². The maximum atomic E-state index is 12.6. The molecule has 1 amide bonds. The second-order valence-corrected chi connectivity index (χ2v) is 7.61. The van der Waals surface area contributed by atoms with Gasteiger partial charge in [0.1, 0.15) is 16.1 Å². The molecule has 0 spiro atoms. The van der Waals surface area contributed by atoms with Gasteiger partial charge in [0.25, 0.3) is 0 Å². The summed E-state index contributed by atoms with van der Waals surface area (Å²) in [6, 6.07) is 16.9. The smallest absolute Gasteiger partial charge is 0.234 e. The van der Waals surface area contributed by atoms with Crippen LogP contribution in [0.4, 0.5) is 5.69 Å². The number of hydrogen-bond acceptors (Lipinski definition) is 8. The molecule has 142 valence electrons. The fourth-order valence-electron chi connectivity index (χ4n) is 2.90. The van der Waals surface area contributed by atoms with Crippen molar-refractivity contribution in [1.82, 2.24) is 18.7 Å². The van der Waals surface area contributed by atoms with E-state index in [4.69, 9.17) is 4.42 Å². The average Bonchev–Trinajstić information content (AvgIpc) is 3.44. The van der Waals surface area contributed by atoms with E-state index in [-0.39, 0.29) is 11.7 Å². The van der Waals surface area contributed by atoms with Gasteiger partial charge in [0, 0.05) is 5.39 Å². The van der Waals surface area contributed by atoms with Crippen molar-refractivity contribution in [2.24, 2.45) is 0 Å². The van der Waals surface area contributed by atoms with Gasteiger partial charge in [0.2, 0.25) is 5.91 Å². The summed E-state index contributed by atoms with van der Waals surface area (Å²) in [6.07, 6.45) is 1.59. The summed E-state index contributed by atoms with van der Waals surface area (Å²) in [5, 5.41) is 4.54. The Balaban J connectivity index is 1.40.